The van der Waals surface area contributed by atoms with Crippen molar-refractivity contribution in [1.82, 2.24) is 5.32 Å². The van der Waals surface area contributed by atoms with Crippen molar-refractivity contribution in [2.75, 3.05) is 11.1 Å². The summed E-state index contributed by atoms with van der Waals surface area (Å²) in [7, 11) is 0. The predicted octanol–water partition coefficient (Wildman–Crippen LogP) is 3.19. The molecule has 136 valence electrons. The van der Waals surface area contributed by atoms with E-state index in [2.05, 4.69) is 25.9 Å². The fraction of sp³-hybridized carbons (Fsp3) is 0.214. The van der Waals surface area contributed by atoms with Gasteiger partial charge < -0.3 is 10.6 Å². The van der Waals surface area contributed by atoms with E-state index < -0.39 is 29.7 Å². The molecule has 0 aliphatic carbocycles. The summed E-state index contributed by atoms with van der Waals surface area (Å²) >= 11 is 6.73. The Labute approximate surface area is 153 Å². The second kappa shape index (κ2) is 7.08. The van der Waals surface area contributed by atoms with Gasteiger partial charge in [-0.2, -0.15) is 23.4 Å². The van der Waals surface area contributed by atoms with Gasteiger partial charge in [0.2, 0.25) is 5.91 Å². The number of rotatable bonds is 3. The first kappa shape index (κ1) is 18.4. The zero-order valence-electron chi connectivity index (χ0n) is 12.7. The average molecular weight is 404 g/mol. The van der Waals surface area contributed by atoms with Gasteiger partial charge in [0.25, 0.3) is 5.91 Å². The van der Waals surface area contributed by atoms with E-state index >= 15 is 0 Å². The lowest BCUT2D eigenvalue weighted by Crippen LogP contribution is -2.38. The SMILES string of the molecule is O=C(CSC1=NC2N=NC=C2C(=O)N1)Nc1cc(C(F)(F)F)ccc1Cl. The highest BCUT2D eigenvalue weighted by Crippen LogP contribution is 2.33. The highest BCUT2D eigenvalue weighted by atomic mass is 35.5. The molecule has 2 aliphatic heterocycles. The predicted molar refractivity (Wildman–Crippen MR) is 89.8 cm³/mol. The highest BCUT2D eigenvalue weighted by Gasteiger charge is 2.32. The molecule has 0 saturated carbocycles. The van der Waals surface area contributed by atoms with Crippen LogP contribution in [0.4, 0.5) is 18.9 Å². The van der Waals surface area contributed by atoms with Crippen molar-refractivity contribution in [2.24, 2.45) is 15.2 Å². The number of hydrogen-bond acceptors (Lipinski definition) is 6. The largest absolute Gasteiger partial charge is 0.416 e. The molecule has 1 aromatic rings. The topological polar surface area (TPSA) is 95.3 Å². The molecule has 0 radical (unpaired) electrons. The maximum atomic E-state index is 12.7. The summed E-state index contributed by atoms with van der Waals surface area (Å²) in [6, 6.07) is 2.62. The number of carbonyl (C=O) groups is 2. The van der Waals surface area contributed by atoms with Crippen LogP contribution in [0.2, 0.25) is 5.02 Å². The second-order valence-corrected chi connectivity index (χ2v) is 6.48. The molecule has 0 spiro atoms. The van der Waals surface area contributed by atoms with Gasteiger partial charge in [0, 0.05) is 0 Å². The number of alkyl halides is 3. The number of aliphatic imine (C=N–C) groups is 1. The standard InChI is InChI=1S/C14H9ClF3N5O2S/c15-8-2-1-6(14(16,17)18)3-9(8)20-10(24)5-26-13-21-11-7(4-19-23-11)12(25)22-13/h1-4,11H,5H2,(H,20,24)(H,21,22,25). The Bertz CT molecular complexity index is 869. The zero-order valence-corrected chi connectivity index (χ0v) is 14.2. The molecule has 2 N–H and O–H groups in total. The number of halogens is 4. The zero-order chi connectivity index (χ0) is 18.9. The lowest BCUT2D eigenvalue weighted by Gasteiger charge is -2.17. The summed E-state index contributed by atoms with van der Waals surface area (Å²) in [5.41, 5.74) is -0.786. The van der Waals surface area contributed by atoms with Gasteiger partial charge in [-0.25, -0.2) is 4.99 Å². The van der Waals surface area contributed by atoms with Crippen LogP contribution < -0.4 is 10.6 Å². The smallest absolute Gasteiger partial charge is 0.324 e. The minimum atomic E-state index is -4.55. The van der Waals surface area contributed by atoms with Crippen molar-refractivity contribution in [3.05, 3.63) is 40.6 Å². The number of thioether (sulfide) groups is 1. The summed E-state index contributed by atoms with van der Waals surface area (Å²) in [4.78, 5) is 27.9. The Kier molecular flexibility index (Phi) is 5.01. The van der Waals surface area contributed by atoms with Gasteiger partial charge in [0.15, 0.2) is 11.3 Å². The molecule has 26 heavy (non-hydrogen) atoms. The van der Waals surface area contributed by atoms with E-state index in [-0.39, 0.29) is 21.6 Å². The molecule has 2 aliphatic rings. The molecule has 2 heterocycles. The van der Waals surface area contributed by atoms with Gasteiger partial charge in [-0.3, -0.25) is 9.59 Å². The normalized spacial score (nSPS) is 18.8. The summed E-state index contributed by atoms with van der Waals surface area (Å²) in [5.74, 6) is -1.23. The average Bonchev–Trinajstić information content (AvgIpc) is 3.03. The van der Waals surface area contributed by atoms with Gasteiger partial charge in [-0.05, 0) is 18.2 Å². The summed E-state index contributed by atoms with van der Waals surface area (Å²) in [5, 5.41) is 12.3. The number of fused-ring (bicyclic) bond motifs is 1. The number of nitrogens with zero attached hydrogens (tertiary/aromatic N) is 3. The molecule has 3 rings (SSSR count). The van der Waals surface area contributed by atoms with Crippen molar-refractivity contribution in [3.63, 3.8) is 0 Å². The number of nitrogens with one attached hydrogen (secondary N) is 2. The van der Waals surface area contributed by atoms with Gasteiger partial charge in [-0.1, -0.05) is 23.4 Å². The first-order valence-electron chi connectivity index (χ1n) is 7.02. The van der Waals surface area contributed by atoms with Crippen LogP contribution in [0.3, 0.4) is 0 Å². The first-order chi connectivity index (χ1) is 12.2. The first-order valence-corrected chi connectivity index (χ1v) is 8.39. The molecule has 12 heteroatoms. The van der Waals surface area contributed by atoms with Crippen LogP contribution >= 0.6 is 23.4 Å². The molecule has 2 amide bonds. The van der Waals surface area contributed by atoms with Crippen LogP contribution in [0, 0.1) is 0 Å². The number of hydrogen-bond donors (Lipinski definition) is 2. The van der Waals surface area contributed by atoms with Crippen LogP contribution in [0.25, 0.3) is 0 Å². The summed E-state index contributed by atoms with van der Waals surface area (Å²) in [6.45, 7) is 0. The van der Waals surface area contributed by atoms with E-state index in [4.69, 9.17) is 11.6 Å². The van der Waals surface area contributed by atoms with E-state index in [9.17, 15) is 22.8 Å². The van der Waals surface area contributed by atoms with Crippen molar-refractivity contribution in [3.8, 4) is 0 Å². The Balaban J connectivity index is 1.62. The third-order valence-electron chi connectivity index (χ3n) is 3.28. The van der Waals surface area contributed by atoms with Crippen LogP contribution in [0.1, 0.15) is 5.56 Å². The van der Waals surface area contributed by atoms with Crippen molar-refractivity contribution in [2.45, 2.75) is 12.3 Å². The quantitative estimate of drug-likeness (QED) is 0.811. The molecular formula is C14H9ClF3N5O2S. The number of benzene rings is 1. The molecule has 1 atom stereocenters. The highest BCUT2D eigenvalue weighted by molar-refractivity contribution is 8.14. The second-order valence-electron chi connectivity index (χ2n) is 5.11. The molecule has 0 aromatic heterocycles. The molecule has 1 aromatic carbocycles. The Morgan fingerprint density at radius 3 is 2.88 bits per heavy atom. The molecule has 7 nitrogen and oxygen atoms in total. The fourth-order valence-electron chi connectivity index (χ4n) is 2.06. The van der Waals surface area contributed by atoms with E-state index in [1.807, 2.05) is 0 Å². The molecule has 0 fully saturated rings. The molecular weight excluding hydrogens is 395 g/mol. The summed E-state index contributed by atoms with van der Waals surface area (Å²) < 4.78 is 38.2. The fourth-order valence-corrected chi connectivity index (χ4v) is 2.91. The number of anilines is 1. The van der Waals surface area contributed by atoms with Crippen LogP contribution in [-0.4, -0.2) is 28.9 Å². The van der Waals surface area contributed by atoms with Gasteiger partial charge >= 0.3 is 6.18 Å². The van der Waals surface area contributed by atoms with Gasteiger partial charge in [0.05, 0.1) is 33.8 Å². The Morgan fingerprint density at radius 2 is 2.15 bits per heavy atom. The Morgan fingerprint density at radius 1 is 1.38 bits per heavy atom. The number of amidine groups is 1. The Hall–Kier alpha value is -2.40. The third kappa shape index (κ3) is 4.05. The van der Waals surface area contributed by atoms with E-state index in [1.54, 1.807) is 0 Å². The minimum Gasteiger partial charge on any atom is -0.324 e. The minimum absolute atomic E-state index is 0.0270. The maximum Gasteiger partial charge on any atom is 0.416 e. The maximum absolute atomic E-state index is 12.7. The number of amides is 2. The van der Waals surface area contributed by atoms with Gasteiger partial charge in [-0.15, -0.1) is 0 Å². The van der Waals surface area contributed by atoms with Crippen LogP contribution in [-0.2, 0) is 15.8 Å². The molecule has 1 unspecified atom stereocenters. The lowest BCUT2D eigenvalue weighted by atomic mass is 10.2. The van der Waals surface area contributed by atoms with Crippen molar-refractivity contribution < 1.29 is 22.8 Å². The van der Waals surface area contributed by atoms with Crippen LogP contribution in [0.5, 0.6) is 0 Å². The van der Waals surface area contributed by atoms with E-state index in [1.165, 1.54) is 6.20 Å². The van der Waals surface area contributed by atoms with E-state index in [0.717, 1.165) is 30.0 Å². The third-order valence-corrected chi connectivity index (χ3v) is 4.50. The van der Waals surface area contributed by atoms with Crippen LogP contribution in [0.15, 0.2) is 45.2 Å². The number of azo groups is 1. The summed E-state index contributed by atoms with van der Waals surface area (Å²) in [6.07, 6.45) is -3.99. The molecule has 0 saturated heterocycles. The monoisotopic (exact) mass is 403 g/mol. The molecule has 0 bridgehead atoms. The lowest BCUT2D eigenvalue weighted by molar-refractivity contribution is -0.137. The van der Waals surface area contributed by atoms with Crippen molar-refractivity contribution in [1.29, 1.82) is 0 Å². The number of carbonyl (C=O) groups excluding carboxylic acids is 2. The van der Waals surface area contributed by atoms with Crippen molar-refractivity contribution >= 4 is 46.0 Å². The van der Waals surface area contributed by atoms with E-state index in [0.29, 0.717) is 5.57 Å². The van der Waals surface area contributed by atoms with Gasteiger partial charge in [0.1, 0.15) is 0 Å².